The molecule has 6 rings (SSSR count). The number of methoxy groups -OCH3 is 1. The van der Waals surface area contributed by atoms with Gasteiger partial charge in [-0.2, -0.15) is 0 Å². The summed E-state index contributed by atoms with van der Waals surface area (Å²) in [4.78, 5) is 32.4. The van der Waals surface area contributed by atoms with Gasteiger partial charge in [0.25, 0.3) is 5.91 Å². The average Bonchev–Trinajstić information content (AvgIpc) is 3.51. The average molecular weight is 619 g/mol. The minimum atomic E-state index is -1.28. The molecule has 4 atom stereocenters. The summed E-state index contributed by atoms with van der Waals surface area (Å²) in [5.74, 6) is -0.0106. The van der Waals surface area contributed by atoms with Crippen molar-refractivity contribution in [3.05, 3.63) is 126 Å². The number of ether oxygens (including phenoxy) is 2. The van der Waals surface area contributed by atoms with Gasteiger partial charge < -0.3 is 19.5 Å². The Labute approximate surface area is 271 Å². The molecule has 0 aromatic heterocycles. The highest BCUT2D eigenvalue weighted by molar-refractivity contribution is 6.12. The molecule has 2 amide bonds. The van der Waals surface area contributed by atoms with E-state index < -0.39 is 17.1 Å². The van der Waals surface area contributed by atoms with Crippen LogP contribution in [0.4, 0.5) is 11.4 Å². The Hall–Kier alpha value is -4.46. The van der Waals surface area contributed by atoms with Crippen LogP contribution in [-0.4, -0.2) is 48.2 Å². The van der Waals surface area contributed by atoms with Crippen LogP contribution < -0.4 is 9.64 Å². The van der Waals surface area contributed by atoms with Crippen LogP contribution >= 0.6 is 0 Å². The second kappa shape index (κ2) is 12.7. The minimum Gasteiger partial charge on any atom is -0.497 e. The van der Waals surface area contributed by atoms with Crippen molar-refractivity contribution in [1.82, 2.24) is 4.90 Å². The first-order valence-electron chi connectivity index (χ1n) is 16.0. The second-order valence-electron chi connectivity index (χ2n) is 12.9. The van der Waals surface area contributed by atoms with Gasteiger partial charge in [0.2, 0.25) is 5.91 Å². The zero-order valence-electron chi connectivity index (χ0n) is 26.9. The minimum absolute atomic E-state index is 0.0734. The van der Waals surface area contributed by atoms with E-state index in [0.717, 1.165) is 33.8 Å². The van der Waals surface area contributed by atoms with Gasteiger partial charge in [-0.3, -0.25) is 14.5 Å². The Morgan fingerprint density at radius 1 is 0.935 bits per heavy atom. The number of anilines is 2. The van der Waals surface area contributed by atoms with Crippen molar-refractivity contribution in [1.29, 1.82) is 0 Å². The molecule has 2 aliphatic heterocycles. The number of rotatable bonds is 10. The van der Waals surface area contributed by atoms with E-state index in [4.69, 9.17) is 9.47 Å². The van der Waals surface area contributed by atoms with Crippen LogP contribution in [0.2, 0.25) is 0 Å². The molecule has 7 nitrogen and oxygen atoms in total. The largest absolute Gasteiger partial charge is 0.497 e. The molecule has 0 aliphatic carbocycles. The summed E-state index contributed by atoms with van der Waals surface area (Å²) in [5, 5.41) is 9.90. The van der Waals surface area contributed by atoms with E-state index in [0.29, 0.717) is 6.54 Å². The van der Waals surface area contributed by atoms with E-state index in [1.54, 1.807) is 16.9 Å². The molecule has 0 unspecified atom stereocenters. The van der Waals surface area contributed by atoms with E-state index in [9.17, 15) is 14.7 Å². The molecular weight excluding hydrogens is 576 g/mol. The first kappa shape index (κ1) is 31.5. The Kier molecular flexibility index (Phi) is 8.73. The molecule has 2 heterocycles. The summed E-state index contributed by atoms with van der Waals surface area (Å²) in [6.07, 6.45) is -0.506. The number of aliphatic hydroxyl groups excluding tert-OH is 1. The van der Waals surface area contributed by atoms with Gasteiger partial charge in [0.05, 0.1) is 31.9 Å². The number of hydrogen-bond donors (Lipinski definition) is 1. The third-order valence-electron chi connectivity index (χ3n) is 9.98. The molecule has 0 bridgehead atoms. The normalized spacial score (nSPS) is 22.2. The van der Waals surface area contributed by atoms with Crippen LogP contribution in [0.5, 0.6) is 5.75 Å². The zero-order valence-corrected chi connectivity index (χ0v) is 26.9. The fraction of sp³-hybridized carbons (Fsp3) is 0.333. The Balaban J connectivity index is 1.43. The van der Waals surface area contributed by atoms with E-state index in [1.165, 1.54) is 0 Å². The number of amides is 2. The highest BCUT2D eigenvalue weighted by atomic mass is 16.5. The van der Waals surface area contributed by atoms with Crippen LogP contribution in [0.25, 0.3) is 0 Å². The van der Waals surface area contributed by atoms with Gasteiger partial charge in [-0.05, 0) is 46.9 Å². The van der Waals surface area contributed by atoms with E-state index in [-0.39, 0.29) is 43.2 Å². The summed E-state index contributed by atoms with van der Waals surface area (Å²) in [6.45, 7) is 6.88. The Bertz CT molecular complexity index is 1670. The maximum atomic E-state index is 14.9. The number of hydrogen-bond acceptors (Lipinski definition) is 5. The predicted octanol–water partition coefficient (Wildman–Crippen LogP) is 6.61. The maximum absolute atomic E-state index is 14.9. The van der Waals surface area contributed by atoms with Crippen LogP contribution in [-0.2, 0) is 31.9 Å². The molecule has 1 spiro atoms. The van der Waals surface area contributed by atoms with Crippen molar-refractivity contribution >= 4 is 23.2 Å². The molecule has 7 heteroatoms. The lowest BCUT2D eigenvalue weighted by atomic mass is 9.63. The molecule has 238 valence electrons. The van der Waals surface area contributed by atoms with E-state index in [1.807, 2.05) is 97.1 Å². The van der Waals surface area contributed by atoms with Gasteiger partial charge in [0.1, 0.15) is 5.75 Å². The van der Waals surface area contributed by atoms with Crippen molar-refractivity contribution in [2.45, 2.75) is 50.9 Å². The quantitative estimate of drug-likeness (QED) is 0.217. The van der Waals surface area contributed by atoms with Gasteiger partial charge in [-0.15, -0.1) is 0 Å². The second-order valence-corrected chi connectivity index (χ2v) is 12.9. The number of nitrogens with zero attached hydrogens (tertiary/aromatic N) is 2. The van der Waals surface area contributed by atoms with Crippen molar-refractivity contribution < 1.29 is 24.2 Å². The summed E-state index contributed by atoms with van der Waals surface area (Å²) in [7, 11) is 1.65. The molecule has 1 fully saturated rings. The van der Waals surface area contributed by atoms with Crippen molar-refractivity contribution in [2.75, 3.05) is 25.2 Å². The Morgan fingerprint density at radius 2 is 1.57 bits per heavy atom. The molecule has 1 saturated heterocycles. The smallest absolute Gasteiger partial charge is 0.268 e. The SMILES string of the molecule is COc1ccc(C(C)(C)[C@@H]2[C@@H](CC(=O)N(CCO)Cc3ccccc3)O[C@]3(C(=O)N(c4ccccc4)c4ccccc43)[C@H]2C)cc1. The third-order valence-corrected chi connectivity index (χ3v) is 9.98. The molecule has 2 aliphatic rings. The number of aliphatic hydroxyl groups is 1. The fourth-order valence-electron chi connectivity index (χ4n) is 7.74. The van der Waals surface area contributed by atoms with E-state index >= 15 is 0 Å². The lowest BCUT2D eigenvalue weighted by molar-refractivity contribution is -0.149. The number of fused-ring (bicyclic) bond motifs is 2. The van der Waals surface area contributed by atoms with Gasteiger partial charge in [-0.1, -0.05) is 99.6 Å². The standard InChI is InChI=1S/C39H42N2O5/c1-27-36(38(2,3)29-19-21-31(45-4)22-20-29)34(25-35(43)40(23-24-42)26-28-13-7-5-8-14-28)46-39(27)32-17-11-12-18-33(32)41(37(39)44)30-15-9-6-10-16-30/h5-22,27,34,36,42H,23-26H2,1-4H3/t27-,34+,36-,39+/m0/s1. The van der Waals surface area contributed by atoms with Crippen molar-refractivity contribution in [2.24, 2.45) is 11.8 Å². The topological polar surface area (TPSA) is 79.3 Å². The van der Waals surface area contributed by atoms with Crippen molar-refractivity contribution in [3.63, 3.8) is 0 Å². The summed E-state index contributed by atoms with van der Waals surface area (Å²) < 4.78 is 12.5. The predicted molar refractivity (Wildman–Crippen MR) is 179 cm³/mol. The summed E-state index contributed by atoms with van der Waals surface area (Å²) in [6, 6.07) is 35.3. The molecule has 46 heavy (non-hydrogen) atoms. The van der Waals surface area contributed by atoms with Crippen LogP contribution in [0.3, 0.4) is 0 Å². The summed E-state index contributed by atoms with van der Waals surface area (Å²) >= 11 is 0. The van der Waals surface area contributed by atoms with Gasteiger partial charge in [-0.25, -0.2) is 0 Å². The highest BCUT2D eigenvalue weighted by Gasteiger charge is 2.66. The zero-order chi connectivity index (χ0) is 32.5. The van der Waals surface area contributed by atoms with Gasteiger partial charge in [0, 0.05) is 36.2 Å². The van der Waals surface area contributed by atoms with Crippen LogP contribution in [0.1, 0.15) is 43.9 Å². The highest BCUT2D eigenvalue weighted by Crippen LogP contribution is 2.60. The number of benzene rings is 4. The molecule has 1 N–H and O–H groups in total. The first-order chi connectivity index (χ1) is 22.2. The Morgan fingerprint density at radius 3 is 2.22 bits per heavy atom. The monoisotopic (exact) mass is 618 g/mol. The van der Waals surface area contributed by atoms with Gasteiger partial charge in [0.15, 0.2) is 5.60 Å². The maximum Gasteiger partial charge on any atom is 0.268 e. The summed E-state index contributed by atoms with van der Waals surface area (Å²) in [5.41, 5.74) is 2.66. The first-order valence-corrected chi connectivity index (χ1v) is 16.0. The lowest BCUT2D eigenvalue weighted by Gasteiger charge is -2.39. The van der Waals surface area contributed by atoms with E-state index in [2.05, 4.69) is 32.9 Å². The molecular formula is C39H42N2O5. The van der Waals surface area contributed by atoms with Crippen LogP contribution in [0, 0.1) is 11.8 Å². The third kappa shape index (κ3) is 5.37. The van der Waals surface area contributed by atoms with Gasteiger partial charge >= 0.3 is 0 Å². The molecule has 4 aromatic carbocycles. The molecule has 0 radical (unpaired) electrons. The fourth-order valence-corrected chi connectivity index (χ4v) is 7.74. The number of carbonyl (C=O) groups excluding carboxylic acids is 2. The molecule has 0 saturated carbocycles. The number of para-hydroxylation sites is 2. The van der Waals surface area contributed by atoms with Crippen LogP contribution in [0.15, 0.2) is 109 Å². The molecule has 4 aromatic rings. The lowest BCUT2D eigenvalue weighted by Crippen LogP contribution is -2.45. The number of carbonyl (C=O) groups is 2. The van der Waals surface area contributed by atoms with Crippen molar-refractivity contribution in [3.8, 4) is 5.75 Å².